The van der Waals surface area contributed by atoms with Gasteiger partial charge < -0.3 is 16.8 Å². The number of nitrogens with one attached hydrogen (secondary N) is 1. The summed E-state index contributed by atoms with van der Waals surface area (Å²) in [7, 11) is 0. The molecule has 0 radical (unpaired) electrons. The minimum Gasteiger partial charge on any atom is -0.393 e. The number of benzene rings is 3. The van der Waals surface area contributed by atoms with Crippen LogP contribution < -0.4 is 16.8 Å². The minimum absolute atomic E-state index is 0. The van der Waals surface area contributed by atoms with Crippen molar-refractivity contribution in [3.05, 3.63) is 99.5 Å². The van der Waals surface area contributed by atoms with E-state index in [0.717, 1.165) is 70.1 Å². The summed E-state index contributed by atoms with van der Waals surface area (Å²) in [6.07, 6.45) is 2.66. The van der Waals surface area contributed by atoms with Crippen LogP contribution in [0.15, 0.2) is 51.4 Å². The third kappa shape index (κ3) is 7.06. The van der Waals surface area contributed by atoms with E-state index in [9.17, 15) is 20.2 Å². The number of nitro groups is 2. The molecule has 39 heavy (non-hydrogen) atoms. The Morgan fingerprint density at radius 1 is 0.872 bits per heavy atom. The highest BCUT2D eigenvalue weighted by Crippen LogP contribution is 2.38. The summed E-state index contributed by atoms with van der Waals surface area (Å²) in [6.45, 7) is 4.00. The fourth-order valence-electron chi connectivity index (χ4n) is 4.84. The van der Waals surface area contributed by atoms with Gasteiger partial charge >= 0.3 is 0 Å². The minimum atomic E-state index is -0.449. The Bertz CT molecular complexity index is 1380. The first-order valence-corrected chi connectivity index (χ1v) is 13.7. The number of fused-ring (bicyclic) bond motifs is 2. The van der Waals surface area contributed by atoms with Crippen molar-refractivity contribution in [1.29, 1.82) is 0 Å². The number of halogens is 3. The van der Waals surface area contributed by atoms with Gasteiger partial charge in [0.05, 0.1) is 9.85 Å². The molecule has 2 aliphatic rings. The number of rotatable bonds is 5. The molecular weight excluding hydrogens is 656 g/mol. The Kier molecular flexibility index (Phi) is 10.7. The summed E-state index contributed by atoms with van der Waals surface area (Å²) in [5, 5.41) is 25.0. The zero-order chi connectivity index (χ0) is 27.4. The van der Waals surface area contributed by atoms with E-state index in [2.05, 4.69) is 54.2 Å². The Hall–Kier alpha value is -2.77. The van der Waals surface area contributed by atoms with Gasteiger partial charge in [-0.3, -0.25) is 25.1 Å². The number of nitrogen functional groups attached to an aromatic ring is 2. The topological polar surface area (TPSA) is 154 Å². The second-order valence-corrected chi connectivity index (χ2v) is 10.9. The molecule has 5 rings (SSSR count). The fraction of sp³-hybridized carbons (Fsp3) is 0.308. The van der Waals surface area contributed by atoms with E-state index in [0.29, 0.717) is 18.8 Å². The summed E-state index contributed by atoms with van der Waals surface area (Å²) in [5.41, 5.74) is 17.6. The predicted octanol–water partition coefficient (Wildman–Crippen LogP) is 5.55. The van der Waals surface area contributed by atoms with Crippen molar-refractivity contribution in [3.63, 3.8) is 0 Å². The second kappa shape index (κ2) is 13.5. The maximum Gasteiger partial charge on any atom is 0.293 e. The maximum absolute atomic E-state index is 11.1. The number of anilines is 2. The first kappa shape index (κ1) is 30.8. The standard InChI is InChI=1S/C17H18BrN3O2.C9H10BrN3O2.ClH/c18-15-10-16(21(22)23)17(19)14-11-20(9-7-13(14)15)8-6-12-4-2-1-3-5-12;10-7-3-8(13(14)15)9(11)6-4-12-2-1-5(6)7;/h1-5,10H,6-9,11,19H2;3,12H,1-2,4,11H2;1H. The van der Waals surface area contributed by atoms with Crippen LogP contribution in [0.25, 0.3) is 0 Å². The van der Waals surface area contributed by atoms with E-state index in [1.807, 2.05) is 18.2 Å². The van der Waals surface area contributed by atoms with Gasteiger partial charge in [0.25, 0.3) is 11.4 Å². The van der Waals surface area contributed by atoms with Crippen molar-refractivity contribution in [1.82, 2.24) is 10.2 Å². The predicted molar refractivity (Wildman–Crippen MR) is 162 cm³/mol. The number of hydrogen-bond acceptors (Lipinski definition) is 8. The van der Waals surface area contributed by atoms with Gasteiger partial charge in [-0.1, -0.05) is 62.2 Å². The molecule has 0 bridgehead atoms. The Balaban J connectivity index is 0.000000228. The van der Waals surface area contributed by atoms with E-state index < -0.39 is 9.85 Å². The Morgan fingerprint density at radius 3 is 2.03 bits per heavy atom. The van der Waals surface area contributed by atoms with Crippen LogP contribution in [0.4, 0.5) is 22.7 Å². The largest absolute Gasteiger partial charge is 0.393 e. The molecule has 0 saturated heterocycles. The maximum atomic E-state index is 11.1. The van der Waals surface area contributed by atoms with E-state index in [1.165, 1.54) is 17.7 Å². The summed E-state index contributed by atoms with van der Waals surface area (Å²) in [6, 6.07) is 13.3. The van der Waals surface area contributed by atoms with E-state index in [4.69, 9.17) is 11.5 Å². The number of nitro benzene ring substituents is 2. The first-order chi connectivity index (χ1) is 18.2. The van der Waals surface area contributed by atoms with Gasteiger partial charge in [0, 0.05) is 58.4 Å². The van der Waals surface area contributed by atoms with E-state index >= 15 is 0 Å². The van der Waals surface area contributed by atoms with E-state index in [-0.39, 0.29) is 29.5 Å². The van der Waals surface area contributed by atoms with Crippen LogP contribution in [0, 0.1) is 20.2 Å². The Labute approximate surface area is 249 Å². The van der Waals surface area contributed by atoms with Gasteiger partial charge in [0.15, 0.2) is 0 Å². The summed E-state index contributed by atoms with van der Waals surface area (Å²) < 4.78 is 1.57. The van der Waals surface area contributed by atoms with Gasteiger partial charge in [-0.15, -0.1) is 12.4 Å². The molecule has 0 saturated carbocycles. The number of nitrogens with two attached hydrogens (primary N) is 2. The van der Waals surface area contributed by atoms with Gasteiger partial charge in [-0.25, -0.2) is 0 Å². The average Bonchev–Trinajstić information content (AvgIpc) is 2.92. The highest BCUT2D eigenvalue weighted by molar-refractivity contribution is 9.10. The molecule has 5 N–H and O–H groups in total. The SMILES string of the molecule is Cl.Nc1c([N+](=O)[O-])cc(Br)c2c1CN(CCc1ccccc1)CC2.Nc1c([N+](=O)[O-])cc(Br)c2c1CNCC2. The van der Waals surface area contributed by atoms with Crippen molar-refractivity contribution >= 4 is 67.0 Å². The quantitative estimate of drug-likeness (QED) is 0.180. The first-order valence-electron chi connectivity index (χ1n) is 12.1. The van der Waals surface area contributed by atoms with Crippen molar-refractivity contribution in [3.8, 4) is 0 Å². The van der Waals surface area contributed by atoms with Gasteiger partial charge in [-0.05, 0) is 42.5 Å². The lowest BCUT2D eigenvalue weighted by molar-refractivity contribution is -0.384. The lowest BCUT2D eigenvalue weighted by Gasteiger charge is -2.30. The molecule has 0 spiro atoms. The third-order valence-electron chi connectivity index (χ3n) is 6.90. The normalized spacial score (nSPS) is 14.2. The van der Waals surface area contributed by atoms with Gasteiger partial charge in [0.2, 0.25) is 0 Å². The molecule has 13 heteroatoms. The lowest BCUT2D eigenvalue weighted by Crippen LogP contribution is -2.33. The van der Waals surface area contributed by atoms with Crippen molar-refractivity contribution in [2.75, 3.05) is 31.1 Å². The van der Waals surface area contributed by atoms with Gasteiger partial charge in [0.1, 0.15) is 11.4 Å². The average molecular weight is 685 g/mol. The summed E-state index contributed by atoms with van der Waals surface area (Å²) in [5.74, 6) is 0. The smallest absolute Gasteiger partial charge is 0.293 e. The molecule has 0 fully saturated rings. The molecule has 2 heterocycles. The highest BCUT2D eigenvalue weighted by atomic mass is 79.9. The van der Waals surface area contributed by atoms with Crippen molar-refractivity contribution < 1.29 is 9.85 Å². The highest BCUT2D eigenvalue weighted by Gasteiger charge is 2.26. The van der Waals surface area contributed by atoms with Crippen molar-refractivity contribution in [2.45, 2.75) is 32.4 Å². The summed E-state index contributed by atoms with van der Waals surface area (Å²) >= 11 is 6.80. The number of hydrogen-bond donors (Lipinski definition) is 3. The molecule has 3 aromatic carbocycles. The zero-order valence-electron chi connectivity index (χ0n) is 21.0. The van der Waals surface area contributed by atoms with Crippen LogP contribution in [0.1, 0.15) is 27.8 Å². The van der Waals surface area contributed by atoms with Crippen LogP contribution in [-0.4, -0.2) is 34.4 Å². The molecule has 0 aromatic heterocycles. The second-order valence-electron chi connectivity index (χ2n) is 9.20. The molecule has 10 nitrogen and oxygen atoms in total. The molecule has 0 atom stereocenters. The van der Waals surface area contributed by atoms with Crippen LogP contribution in [0.3, 0.4) is 0 Å². The zero-order valence-corrected chi connectivity index (χ0v) is 25.0. The van der Waals surface area contributed by atoms with Gasteiger partial charge in [-0.2, -0.15) is 0 Å². The molecular formula is C26H29Br2ClN6O4. The van der Waals surface area contributed by atoms with Crippen LogP contribution in [-0.2, 0) is 32.4 Å². The van der Waals surface area contributed by atoms with E-state index in [1.54, 1.807) is 0 Å². The molecule has 0 amide bonds. The molecule has 2 aliphatic heterocycles. The van der Waals surface area contributed by atoms with Crippen LogP contribution in [0.2, 0.25) is 0 Å². The van der Waals surface area contributed by atoms with Crippen LogP contribution >= 0.6 is 44.3 Å². The van der Waals surface area contributed by atoms with Crippen molar-refractivity contribution in [2.24, 2.45) is 0 Å². The monoisotopic (exact) mass is 682 g/mol. The lowest BCUT2D eigenvalue weighted by atomic mass is 9.96. The molecule has 0 unspecified atom stereocenters. The molecule has 0 aliphatic carbocycles. The number of nitrogens with zero attached hydrogens (tertiary/aromatic N) is 3. The molecule has 208 valence electrons. The third-order valence-corrected chi connectivity index (χ3v) is 8.32. The molecule has 3 aromatic rings. The summed E-state index contributed by atoms with van der Waals surface area (Å²) in [4.78, 5) is 23.3. The fourth-order valence-corrected chi connectivity index (χ4v) is 6.15. The van der Waals surface area contributed by atoms with Crippen LogP contribution in [0.5, 0.6) is 0 Å². The Morgan fingerprint density at radius 2 is 1.44 bits per heavy atom.